The van der Waals surface area contributed by atoms with Gasteiger partial charge in [-0.15, -0.1) is 11.3 Å². The second-order valence-corrected chi connectivity index (χ2v) is 5.53. The number of pyridine rings is 1. The molecule has 0 atom stereocenters. The molecule has 2 aromatic heterocycles. The lowest BCUT2D eigenvalue weighted by molar-refractivity contribution is 0.0701. The third-order valence-electron chi connectivity index (χ3n) is 2.04. The van der Waals surface area contributed by atoms with Crippen LogP contribution in [0.4, 0.5) is 0 Å². The monoisotopic (exact) mass is 266 g/mol. The van der Waals surface area contributed by atoms with Gasteiger partial charge in [-0.2, -0.15) is 0 Å². The first-order chi connectivity index (χ1) is 8.16. The molecule has 0 aliphatic heterocycles. The average Bonchev–Trinajstić information content (AvgIpc) is 2.69. The van der Waals surface area contributed by atoms with Gasteiger partial charge in [0.2, 0.25) is 0 Å². The van der Waals surface area contributed by atoms with Crippen molar-refractivity contribution in [3.63, 3.8) is 0 Å². The molecule has 2 aromatic rings. The molecule has 2 heterocycles. The Morgan fingerprint density at radius 1 is 1.53 bits per heavy atom. The molecule has 0 saturated heterocycles. The highest BCUT2D eigenvalue weighted by atomic mass is 32.2. The van der Waals surface area contributed by atoms with Crippen LogP contribution in [0, 0.1) is 6.92 Å². The molecule has 0 bridgehead atoms. The number of aromatic carboxylic acids is 1. The molecule has 0 fully saturated rings. The summed E-state index contributed by atoms with van der Waals surface area (Å²) in [6.07, 6.45) is 1.74. The second kappa shape index (κ2) is 5.29. The van der Waals surface area contributed by atoms with E-state index in [0.29, 0.717) is 16.3 Å². The highest BCUT2D eigenvalue weighted by Gasteiger charge is 2.14. The van der Waals surface area contributed by atoms with E-state index in [-0.39, 0.29) is 0 Å². The Hall–Kier alpha value is -1.40. The first kappa shape index (κ1) is 12.1. The average molecular weight is 266 g/mol. The van der Waals surface area contributed by atoms with E-state index < -0.39 is 5.97 Å². The second-order valence-electron chi connectivity index (χ2n) is 3.31. The molecule has 0 radical (unpaired) electrons. The Morgan fingerprint density at radius 2 is 2.35 bits per heavy atom. The minimum absolute atomic E-state index is 0.313. The van der Waals surface area contributed by atoms with Crippen LogP contribution >= 0.6 is 23.1 Å². The van der Waals surface area contributed by atoms with Gasteiger partial charge in [0.1, 0.15) is 4.88 Å². The van der Waals surface area contributed by atoms with E-state index in [1.165, 1.54) is 23.1 Å². The van der Waals surface area contributed by atoms with Crippen LogP contribution in [0.15, 0.2) is 28.7 Å². The van der Waals surface area contributed by atoms with Crippen molar-refractivity contribution in [2.45, 2.75) is 17.0 Å². The number of thioether (sulfide) groups is 1. The van der Waals surface area contributed by atoms with E-state index in [2.05, 4.69) is 9.97 Å². The number of rotatable bonds is 4. The van der Waals surface area contributed by atoms with Crippen molar-refractivity contribution in [2.24, 2.45) is 0 Å². The number of nitrogens with zero attached hydrogens (tertiary/aromatic N) is 2. The van der Waals surface area contributed by atoms with Crippen molar-refractivity contribution in [1.29, 1.82) is 0 Å². The van der Waals surface area contributed by atoms with Crippen LogP contribution in [0.25, 0.3) is 0 Å². The van der Waals surface area contributed by atoms with Gasteiger partial charge >= 0.3 is 5.97 Å². The van der Waals surface area contributed by atoms with Crippen molar-refractivity contribution < 1.29 is 9.90 Å². The zero-order valence-corrected chi connectivity index (χ0v) is 10.7. The molecule has 0 amide bonds. The van der Waals surface area contributed by atoms with Crippen LogP contribution in [0.2, 0.25) is 0 Å². The summed E-state index contributed by atoms with van der Waals surface area (Å²) in [6, 6.07) is 5.73. The van der Waals surface area contributed by atoms with Gasteiger partial charge in [0.05, 0.1) is 11.4 Å². The molecule has 0 aromatic carbocycles. The fourth-order valence-corrected chi connectivity index (χ4v) is 3.19. The van der Waals surface area contributed by atoms with Crippen LogP contribution in [-0.2, 0) is 5.75 Å². The largest absolute Gasteiger partial charge is 0.477 e. The number of carboxylic acid groups (broad SMARTS) is 1. The molecule has 0 aliphatic carbocycles. The Balaban J connectivity index is 2.05. The van der Waals surface area contributed by atoms with Crippen LogP contribution in [0.1, 0.15) is 21.1 Å². The molecular formula is C11H10N2O2S2. The van der Waals surface area contributed by atoms with Crippen LogP contribution in [0.3, 0.4) is 0 Å². The van der Waals surface area contributed by atoms with Crippen molar-refractivity contribution in [3.8, 4) is 0 Å². The normalized spacial score (nSPS) is 10.4. The molecule has 88 valence electrons. The van der Waals surface area contributed by atoms with E-state index in [4.69, 9.17) is 5.11 Å². The molecule has 0 aliphatic rings. The topological polar surface area (TPSA) is 63.1 Å². The van der Waals surface area contributed by atoms with Crippen molar-refractivity contribution in [3.05, 3.63) is 40.7 Å². The van der Waals surface area contributed by atoms with Gasteiger partial charge in [0, 0.05) is 11.9 Å². The summed E-state index contributed by atoms with van der Waals surface area (Å²) in [4.78, 5) is 19.6. The maximum atomic E-state index is 10.9. The number of aryl methyl sites for hydroxylation is 1. The maximum Gasteiger partial charge on any atom is 0.347 e. The first-order valence-corrected chi connectivity index (χ1v) is 6.70. The zero-order valence-electron chi connectivity index (χ0n) is 9.08. The molecule has 0 spiro atoms. The summed E-state index contributed by atoms with van der Waals surface area (Å²) in [5, 5.41) is 8.91. The van der Waals surface area contributed by atoms with Crippen LogP contribution < -0.4 is 0 Å². The lowest BCUT2D eigenvalue weighted by atomic mass is 10.4. The first-order valence-electron chi connectivity index (χ1n) is 4.90. The molecule has 17 heavy (non-hydrogen) atoms. The molecule has 0 saturated carbocycles. The fourth-order valence-electron chi connectivity index (χ4n) is 1.25. The third kappa shape index (κ3) is 3.04. The van der Waals surface area contributed by atoms with Crippen LogP contribution in [-0.4, -0.2) is 21.0 Å². The van der Waals surface area contributed by atoms with E-state index in [0.717, 1.165) is 10.0 Å². The Bertz CT molecular complexity index is 526. The van der Waals surface area contributed by atoms with Gasteiger partial charge in [-0.25, -0.2) is 9.78 Å². The van der Waals surface area contributed by atoms with E-state index in [1.807, 2.05) is 18.2 Å². The minimum Gasteiger partial charge on any atom is -0.477 e. The molecule has 6 heteroatoms. The summed E-state index contributed by atoms with van der Waals surface area (Å²) in [5.74, 6) is -0.211. The fraction of sp³-hybridized carbons (Fsp3) is 0.182. The SMILES string of the molecule is Cc1nc(SCc2ccccn2)sc1C(=O)O. The quantitative estimate of drug-likeness (QED) is 0.862. The number of aromatic nitrogens is 2. The van der Waals surface area contributed by atoms with Gasteiger partial charge < -0.3 is 5.11 Å². The standard InChI is InChI=1S/C11H10N2O2S2/c1-7-9(10(14)15)17-11(13-7)16-6-8-4-2-3-5-12-8/h2-5H,6H2,1H3,(H,14,15). The lowest BCUT2D eigenvalue weighted by Crippen LogP contribution is -1.94. The van der Waals surface area contributed by atoms with Crippen LogP contribution in [0.5, 0.6) is 0 Å². The molecule has 0 unspecified atom stereocenters. The van der Waals surface area contributed by atoms with Crippen molar-refractivity contribution in [2.75, 3.05) is 0 Å². The number of carbonyl (C=O) groups is 1. The van der Waals surface area contributed by atoms with Gasteiger partial charge in [-0.3, -0.25) is 4.98 Å². The number of carboxylic acids is 1. The Labute approximate surface area is 107 Å². The maximum absolute atomic E-state index is 10.9. The van der Waals surface area contributed by atoms with Gasteiger partial charge in [0.15, 0.2) is 4.34 Å². The lowest BCUT2D eigenvalue weighted by Gasteiger charge is -1.96. The summed E-state index contributed by atoms with van der Waals surface area (Å²) in [6.45, 7) is 1.71. The van der Waals surface area contributed by atoms with Gasteiger partial charge in [-0.05, 0) is 19.1 Å². The summed E-state index contributed by atoms with van der Waals surface area (Å²) < 4.78 is 0.769. The summed E-state index contributed by atoms with van der Waals surface area (Å²) in [5.41, 5.74) is 1.54. The van der Waals surface area contributed by atoms with E-state index >= 15 is 0 Å². The minimum atomic E-state index is -0.912. The van der Waals surface area contributed by atoms with Gasteiger partial charge in [-0.1, -0.05) is 17.8 Å². The highest BCUT2D eigenvalue weighted by Crippen LogP contribution is 2.29. The molecule has 4 nitrogen and oxygen atoms in total. The molecular weight excluding hydrogens is 256 g/mol. The smallest absolute Gasteiger partial charge is 0.347 e. The summed E-state index contributed by atoms with van der Waals surface area (Å²) >= 11 is 2.72. The predicted molar refractivity (Wildman–Crippen MR) is 67.6 cm³/mol. The number of hydrogen-bond donors (Lipinski definition) is 1. The van der Waals surface area contributed by atoms with Crippen molar-refractivity contribution >= 4 is 29.1 Å². The van der Waals surface area contributed by atoms with E-state index in [9.17, 15) is 4.79 Å². The van der Waals surface area contributed by atoms with Gasteiger partial charge in [0.25, 0.3) is 0 Å². The molecule has 1 N–H and O–H groups in total. The number of hydrogen-bond acceptors (Lipinski definition) is 5. The number of thiazole rings is 1. The Kier molecular flexibility index (Phi) is 3.75. The predicted octanol–water partition coefficient (Wildman–Crippen LogP) is 2.84. The zero-order chi connectivity index (χ0) is 12.3. The summed E-state index contributed by atoms with van der Waals surface area (Å²) in [7, 11) is 0. The Morgan fingerprint density at radius 3 is 2.94 bits per heavy atom. The molecule has 2 rings (SSSR count). The third-order valence-corrected chi connectivity index (χ3v) is 4.36. The highest BCUT2D eigenvalue weighted by molar-refractivity contribution is 8.00. The van der Waals surface area contributed by atoms with E-state index in [1.54, 1.807) is 13.1 Å². The van der Waals surface area contributed by atoms with Crippen molar-refractivity contribution in [1.82, 2.24) is 9.97 Å².